The monoisotopic (exact) mass is 275 g/mol. The van der Waals surface area contributed by atoms with Crippen LogP contribution in [0.5, 0.6) is 0 Å². The molecule has 3 nitrogen and oxygen atoms in total. The number of hydrogen-bond acceptors (Lipinski definition) is 3. The maximum Gasteiger partial charge on any atom is 0.159 e. The van der Waals surface area contributed by atoms with Gasteiger partial charge in [-0.1, -0.05) is 0 Å². The second-order valence-electron chi connectivity index (χ2n) is 5.14. The number of nitrogens with one attached hydrogen (secondary N) is 1. The van der Waals surface area contributed by atoms with Gasteiger partial charge in [-0.25, -0.2) is 18.7 Å². The molecular formula is C15H15F2N3. The van der Waals surface area contributed by atoms with Gasteiger partial charge in [-0.3, -0.25) is 0 Å². The third-order valence-electron chi connectivity index (χ3n) is 3.18. The summed E-state index contributed by atoms with van der Waals surface area (Å²) < 4.78 is 26.5. The predicted octanol–water partition coefficient (Wildman–Crippen LogP) is 2.98. The summed E-state index contributed by atoms with van der Waals surface area (Å²) in [6.07, 6.45) is 2.40. The van der Waals surface area contributed by atoms with E-state index in [2.05, 4.69) is 15.3 Å². The van der Waals surface area contributed by atoms with Gasteiger partial charge in [0.2, 0.25) is 0 Å². The second-order valence-corrected chi connectivity index (χ2v) is 5.14. The van der Waals surface area contributed by atoms with Crippen LogP contribution in [0.3, 0.4) is 0 Å². The summed E-state index contributed by atoms with van der Waals surface area (Å²) in [5, 5.41) is 3.36. The van der Waals surface area contributed by atoms with Crippen LogP contribution < -0.4 is 5.32 Å². The van der Waals surface area contributed by atoms with Crippen LogP contribution in [0.15, 0.2) is 24.3 Å². The van der Waals surface area contributed by atoms with Gasteiger partial charge in [-0.15, -0.1) is 0 Å². The zero-order valence-electron chi connectivity index (χ0n) is 11.2. The minimum Gasteiger partial charge on any atom is -0.308 e. The lowest BCUT2D eigenvalue weighted by Crippen LogP contribution is -2.16. The molecule has 0 spiro atoms. The van der Waals surface area contributed by atoms with Gasteiger partial charge in [0.05, 0.1) is 5.69 Å². The molecule has 0 unspecified atom stereocenters. The molecule has 5 heteroatoms. The van der Waals surface area contributed by atoms with Crippen molar-refractivity contribution >= 4 is 0 Å². The molecule has 1 aromatic carbocycles. The highest BCUT2D eigenvalue weighted by Crippen LogP contribution is 2.21. The number of benzene rings is 1. The van der Waals surface area contributed by atoms with E-state index in [1.54, 1.807) is 0 Å². The van der Waals surface area contributed by atoms with Gasteiger partial charge < -0.3 is 5.32 Å². The molecule has 3 rings (SSSR count). The van der Waals surface area contributed by atoms with Crippen LogP contribution in [-0.2, 0) is 6.54 Å². The number of aromatic nitrogens is 2. The van der Waals surface area contributed by atoms with Crippen LogP contribution >= 0.6 is 0 Å². The van der Waals surface area contributed by atoms with Crippen molar-refractivity contribution in [3.05, 3.63) is 47.3 Å². The fourth-order valence-corrected chi connectivity index (χ4v) is 2.07. The van der Waals surface area contributed by atoms with Gasteiger partial charge in [0.25, 0.3) is 0 Å². The summed E-state index contributed by atoms with van der Waals surface area (Å²) >= 11 is 0. The van der Waals surface area contributed by atoms with E-state index >= 15 is 0 Å². The lowest BCUT2D eigenvalue weighted by atomic mass is 10.2. The average molecular weight is 275 g/mol. The molecule has 0 atom stereocenters. The van der Waals surface area contributed by atoms with Crippen LogP contribution in [0.25, 0.3) is 11.4 Å². The lowest BCUT2D eigenvalue weighted by molar-refractivity contribution is 0.584. The number of aryl methyl sites for hydroxylation is 1. The van der Waals surface area contributed by atoms with E-state index in [4.69, 9.17) is 0 Å². The Hall–Kier alpha value is -1.88. The first kappa shape index (κ1) is 13.1. The largest absolute Gasteiger partial charge is 0.308 e. The summed E-state index contributed by atoms with van der Waals surface area (Å²) in [6.45, 7) is 2.50. The Morgan fingerprint density at radius 3 is 2.45 bits per heavy atom. The van der Waals surface area contributed by atoms with Crippen molar-refractivity contribution in [2.45, 2.75) is 32.4 Å². The van der Waals surface area contributed by atoms with Crippen LogP contribution in [0.4, 0.5) is 8.78 Å². The Morgan fingerprint density at radius 2 is 1.80 bits per heavy atom. The van der Waals surface area contributed by atoms with E-state index < -0.39 is 11.6 Å². The molecule has 104 valence electrons. The molecule has 1 fully saturated rings. The zero-order valence-corrected chi connectivity index (χ0v) is 11.2. The molecule has 1 aliphatic rings. The minimum atomic E-state index is -0.622. The highest BCUT2D eigenvalue weighted by Gasteiger charge is 2.20. The molecular weight excluding hydrogens is 260 g/mol. The molecule has 1 heterocycles. The molecule has 20 heavy (non-hydrogen) atoms. The topological polar surface area (TPSA) is 37.8 Å². The average Bonchev–Trinajstić information content (AvgIpc) is 3.18. The molecule has 2 aromatic rings. The Kier molecular flexibility index (Phi) is 3.44. The third-order valence-corrected chi connectivity index (χ3v) is 3.18. The standard InChI is InChI=1S/C15H15F2N3/c1-9-4-14(8-18-13-2-3-13)20-15(19-9)10-5-11(16)7-12(17)6-10/h4-7,13,18H,2-3,8H2,1H3. The van der Waals surface area contributed by atoms with Crippen molar-refractivity contribution in [2.24, 2.45) is 0 Å². The molecule has 1 N–H and O–H groups in total. The minimum absolute atomic E-state index is 0.357. The maximum absolute atomic E-state index is 13.3. The fourth-order valence-electron chi connectivity index (χ4n) is 2.07. The van der Waals surface area contributed by atoms with Crippen LogP contribution in [0, 0.1) is 18.6 Å². The van der Waals surface area contributed by atoms with Crippen molar-refractivity contribution in [1.82, 2.24) is 15.3 Å². The van der Waals surface area contributed by atoms with E-state index in [-0.39, 0.29) is 0 Å². The van der Waals surface area contributed by atoms with Gasteiger partial charge >= 0.3 is 0 Å². The second kappa shape index (κ2) is 5.25. The smallest absolute Gasteiger partial charge is 0.159 e. The summed E-state index contributed by atoms with van der Waals surface area (Å²) in [5.74, 6) is -0.887. The van der Waals surface area contributed by atoms with Gasteiger partial charge in [0.1, 0.15) is 11.6 Å². The molecule has 1 saturated carbocycles. The Morgan fingerprint density at radius 1 is 1.10 bits per heavy atom. The van der Waals surface area contributed by atoms with E-state index in [0.29, 0.717) is 24.0 Å². The molecule has 1 aliphatic carbocycles. The molecule has 0 aliphatic heterocycles. The number of rotatable bonds is 4. The highest BCUT2D eigenvalue weighted by molar-refractivity contribution is 5.55. The first-order valence-electron chi connectivity index (χ1n) is 6.64. The van der Waals surface area contributed by atoms with Gasteiger partial charge in [0, 0.05) is 29.9 Å². The number of nitrogens with zero attached hydrogens (tertiary/aromatic N) is 2. The van der Waals surface area contributed by atoms with Gasteiger partial charge in [-0.2, -0.15) is 0 Å². The van der Waals surface area contributed by atoms with Gasteiger partial charge in [0.15, 0.2) is 5.82 Å². The van der Waals surface area contributed by atoms with E-state index in [0.717, 1.165) is 17.5 Å². The molecule has 0 radical (unpaired) electrons. The molecule has 0 amide bonds. The Labute approximate surface area is 116 Å². The highest BCUT2D eigenvalue weighted by atomic mass is 19.1. The van der Waals surface area contributed by atoms with Crippen molar-refractivity contribution < 1.29 is 8.78 Å². The zero-order chi connectivity index (χ0) is 14.1. The van der Waals surface area contributed by atoms with E-state index in [1.165, 1.54) is 25.0 Å². The first-order chi connectivity index (χ1) is 9.60. The number of halogens is 2. The van der Waals surface area contributed by atoms with Crippen molar-refractivity contribution in [1.29, 1.82) is 0 Å². The predicted molar refractivity (Wildman–Crippen MR) is 72.0 cm³/mol. The van der Waals surface area contributed by atoms with Crippen LogP contribution in [0.1, 0.15) is 24.2 Å². The lowest BCUT2D eigenvalue weighted by Gasteiger charge is -2.07. The normalized spacial score (nSPS) is 14.6. The summed E-state index contributed by atoms with van der Waals surface area (Å²) in [7, 11) is 0. The Bertz CT molecular complexity index is 619. The maximum atomic E-state index is 13.3. The van der Waals surface area contributed by atoms with Crippen molar-refractivity contribution in [2.75, 3.05) is 0 Å². The van der Waals surface area contributed by atoms with Crippen molar-refractivity contribution in [3.63, 3.8) is 0 Å². The summed E-state index contributed by atoms with van der Waals surface area (Å²) in [4.78, 5) is 8.64. The van der Waals surface area contributed by atoms with E-state index in [9.17, 15) is 8.78 Å². The molecule has 0 saturated heterocycles. The van der Waals surface area contributed by atoms with Crippen LogP contribution in [0.2, 0.25) is 0 Å². The SMILES string of the molecule is Cc1cc(CNC2CC2)nc(-c2cc(F)cc(F)c2)n1. The third kappa shape index (κ3) is 3.17. The molecule has 0 bridgehead atoms. The van der Waals surface area contributed by atoms with Crippen LogP contribution in [-0.4, -0.2) is 16.0 Å². The summed E-state index contributed by atoms with van der Waals surface area (Å²) in [5.41, 5.74) is 1.98. The fraction of sp³-hybridized carbons (Fsp3) is 0.333. The Balaban J connectivity index is 1.90. The first-order valence-corrected chi connectivity index (χ1v) is 6.64. The number of hydrogen-bond donors (Lipinski definition) is 1. The van der Waals surface area contributed by atoms with Crippen molar-refractivity contribution in [3.8, 4) is 11.4 Å². The quantitative estimate of drug-likeness (QED) is 0.932. The summed E-state index contributed by atoms with van der Waals surface area (Å²) in [6, 6.07) is 5.80. The molecule has 1 aromatic heterocycles. The van der Waals surface area contributed by atoms with Gasteiger partial charge in [-0.05, 0) is 38.0 Å². The van der Waals surface area contributed by atoms with E-state index in [1.807, 2.05) is 13.0 Å².